The average molecular weight is 544 g/mol. The van der Waals surface area contributed by atoms with Crippen molar-refractivity contribution in [1.29, 1.82) is 0 Å². The van der Waals surface area contributed by atoms with E-state index >= 15 is 0 Å². The number of hydrogen-bond acceptors (Lipinski definition) is 5. The fraction of sp³-hybridized carbons (Fsp3) is 0.0800. The second kappa shape index (κ2) is 9.16. The summed E-state index contributed by atoms with van der Waals surface area (Å²) in [5.41, 5.74) is 2.23. The molecule has 0 atom stereocenters. The topological polar surface area (TPSA) is 82.7 Å². The zero-order valence-electron chi connectivity index (χ0n) is 19.1. The molecule has 7 nitrogen and oxygen atoms in total. The maximum atomic E-state index is 13.3. The summed E-state index contributed by atoms with van der Waals surface area (Å²) in [7, 11) is -3.45. The normalized spacial score (nSPS) is 12.1. The summed E-state index contributed by atoms with van der Waals surface area (Å²) in [5, 5.41) is 8.76. The van der Waals surface area contributed by atoms with Gasteiger partial charge < -0.3 is 4.57 Å². The van der Waals surface area contributed by atoms with Crippen molar-refractivity contribution in [3.8, 4) is 33.8 Å². The molecule has 2 heterocycles. The minimum absolute atomic E-state index is 0.141. The first-order valence-electron chi connectivity index (χ1n) is 10.7. The summed E-state index contributed by atoms with van der Waals surface area (Å²) in [6, 6.07) is 18.4. The zero-order valence-corrected chi connectivity index (χ0v) is 20.6. The Morgan fingerprint density at radius 3 is 2.27 bits per heavy atom. The number of benzene rings is 3. The van der Waals surface area contributed by atoms with E-state index in [0.29, 0.717) is 33.2 Å². The molecule has 0 saturated carbocycles. The summed E-state index contributed by atoms with van der Waals surface area (Å²) < 4.78 is 66.7. The minimum atomic E-state index is -4.61. The molecule has 0 N–H and O–H groups in total. The first kappa shape index (κ1) is 24.7. The van der Waals surface area contributed by atoms with E-state index in [2.05, 4.69) is 15.3 Å². The molecule has 0 aliphatic carbocycles. The zero-order chi connectivity index (χ0) is 26.4. The van der Waals surface area contributed by atoms with Crippen molar-refractivity contribution in [2.75, 3.05) is 6.26 Å². The van der Waals surface area contributed by atoms with Gasteiger partial charge in [-0.25, -0.2) is 18.1 Å². The highest BCUT2D eigenvalue weighted by atomic mass is 35.5. The fourth-order valence-corrected chi connectivity index (χ4v) is 4.62. The Labute approximate surface area is 214 Å². The molecule has 0 unspecified atom stereocenters. The van der Waals surface area contributed by atoms with Crippen LogP contribution in [0.3, 0.4) is 0 Å². The molecule has 188 valence electrons. The minimum Gasteiger partial charge on any atom is -0.303 e. The predicted octanol–water partition coefficient (Wildman–Crippen LogP) is 5.86. The van der Waals surface area contributed by atoms with E-state index in [9.17, 15) is 21.6 Å². The molecule has 0 spiro atoms. The van der Waals surface area contributed by atoms with Crippen molar-refractivity contribution in [3.63, 3.8) is 0 Å². The molecular weight excluding hydrogens is 527 g/mol. The van der Waals surface area contributed by atoms with Gasteiger partial charge in [-0.05, 0) is 47.5 Å². The number of aromatic nitrogens is 5. The van der Waals surface area contributed by atoms with Gasteiger partial charge in [-0.2, -0.15) is 13.2 Å². The molecular formula is C25H17ClF3N5O2S. The number of nitrogens with zero attached hydrogens (tertiary/aromatic N) is 5. The van der Waals surface area contributed by atoms with E-state index < -0.39 is 21.7 Å². The predicted molar refractivity (Wildman–Crippen MR) is 132 cm³/mol. The van der Waals surface area contributed by atoms with Crippen LogP contribution >= 0.6 is 11.6 Å². The Morgan fingerprint density at radius 2 is 1.59 bits per heavy atom. The van der Waals surface area contributed by atoms with Crippen LogP contribution < -0.4 is 0 Å². The van der Waals surface area contributed by atoms with Gasteiger partial charge in [0.1, 0.15) is 0 Å². The summed E-state index contributed by atoms with van der Waals surface area (Å²) in [6.07, 6.45) is -0.00388. The van der Waals surface area contributed by atoms with Crippen LogP contribution in [0, 0.1) is 0 Å². The second-order valence-corrected chi connectivity index (χ2v) is 10.7. The van der Waals surface area contributed by atoms with Gasteiger partial charge in [0, 0.05) is 23.0 Å². The number of halogens is 4. The van der Waals surface area contributed by atoms with Crippen LogP contribution in [0.15, 0.2) is 90.3 Å². The number of rotatable bonds is 5. The van der Waals surface area contributed by atoms with E-state index in [0.717, 1.165) is 24.3 Å². The Bertz CT molecular complexity index is 1710. The van der Waals surface area contributed by atoms with Crippen molar-refractivity contribution in [3.05, 3.63) is 96.2 Å². The number of sulfone groups is 1. The lowest BCUT2D eigenvalue weighted by Crippen LogP contribution is -2.07. The molecule has 0 fully saturated rings. The van der Waals surface area contributed by atoms with Crippen LogP contribution in [0.2, 0.25) is 5.02 Å². The van der Waals surface area contributed by atoms with Crippen LogP contribution in [-0.2, 0) is 16.0 Å². The summed E-state index contributed by atoms with van der Waals surface area (Å²) >= 11 is 6.02. The lowest BCUT2D eigenvalue weighted by Gasteiger charge is -2.15. The molecule has 2 aromatic heterocycles. The number of alkyl halides is 3. The average Bonchev–Trinajstić information content (AvgIpc) is 3.54. The lowest BCUT2D eigenvalue weighted by molar-refractivity contribution is -0.140. The third kappa shape index (κ3) is 5.00. The van der Waals surface area contributed by atoms with Crippen LogP contribution in [0.4, 0.5) is 13.2 Å². The quantitative estimate of drug-likeness (QED) is 0.277. The van der Waals surface area contributed by atoms with Crippen LogP contribution in [-0.4, -0.2) is 39.2 Å². The first-order valence-corrected chi connectivity index (χ1v) is 13.0. The van der Waals surface area contributed by atoms with Gasteiger partial charge in [0.25, 0.3) is 0 Å². The summed E-state index contributed by atoms with van der Waals surface area (Å²) in [5.74, 6) is 0. The highest BCUT2D eigenvalue weighted by Gasteiger charge is 2.33. The van der Waals surface area contributed by atoms with Gasteiger partial charge in [-0.3, -0.25) is 0 Å². The van der Waals surface area contributed by atoms with E-state index in [1.165, 1.54) is 27.6 Å². The van der Waals surface area contributed by atoms with Gasteiger partial charge in [0.05, 0.1) is 34.5 Å². The molecule has 3 aromatic carbocycles. The van der Waals surface area contributed by atoms with E-state index in [1.807, 2.05) is 0 Å². The number of hydrogen-bond donors (Lipinski definition) is 0. The molecule has 12 heteroatoms. The maximum absolute atomic E-state index is 13.3. The molecule has 0 saturated heterocycles. The van der Waals surface area contributed by atoms with Crippen molar-refractivity contribution < 1.29 is 21.6 Å². The van der Waals surface area contributed by atoms with Crippen LogP contribution in [0.5, 0.6) is 0 Å². The smallest absolute Gasteiger partial charge is 0.303 e. The van der Waals surface area contributed by atoms with E-state index in [-0.39, 0.29) is 4.90 Å². The highest BCUT2D eigenvalue weighted by Crippen LogP contribution is 2.33. The molecule has 5 aromatic rings. The SMILES string of the molecule is CS(=O)(=O)c1cccc(-c2ccc(-n3cnc(C(F)(F)F)c3)c(-n3nncc3-c3ccc(Cl)cc3)c2)c1. The Kier molecular flexibility index (Phi) is 6.12. The van der Waals surface area contributed by atoms with Crippen LogP contribution in [0.25, 0.3) is 33.8 Å². The number of imidazole rings is 1. The van der Waals surface area contributed by atoms with Gasteiger partial charge in [0.2, 0.25) is 0 Å². The van der Waals surface area contributed by atoms with Gasteiger partial charge in [0.15, 0.2) is 15.5 Å². The molecule has 0 aliphatic rings. The maximum Gasteiger partial charge on any atom is 0.434 e. The summed E-state index contributed by atoms with van der Waals surface area (Å²) in [6.45, 7) is 0. The van der Waals surface area contributed by atoms with Crippen molar-refractivity contribution in [2.24, 2.45) is 0 Å². The molecule has 0 radical (unpaired) electrons. The van der Waals surface area contributed by atoms with Gasteiger partial charge in [-0.1, -0.05) is 47.1 Å². The first-order chi connectivity index (χ1) is 17.5. The standard InChI is InChI=1S/C25H17ClF3N5O2S/c1-37(35,36)20-4-2-3-17(11-20)18-7-10-21(33-14-24(30-15-33)25(27,28)29)22(12-18)34-23(13-31-32-34)16-5-8-19(26)9-6-16/h2-15H,1H3. The summed E-state index contributed by atoms with van der Waals surface area (Å²) in [4.78, 5) is 3.65. The van der Waals surface area contributed by atoms with Crippen LogP contribution in [0.1, 0.15) is 5.69 Å². The van der Waals surface area contributed by atoms with Gasteiger partial charge >= 0.3 is 6.18 Å². The molecule has 0 amide bonds. The monoisotopic (exact) mass is 543 g/mol. The largest absolute Gasteiger partial charge is 0.434 e. The Hall–Kier alpha value is -3.96. The lowest BCUT2D eigenvalue weighted by atomic mass is 10.0. The Balaban J connectivity index is 1.72. The van der Waals surface area contributed by atoms with E-state index in [1.54, 1.807) is 54.6 Å². The van der Waals surface area contributed by atoms with Crippen molar-refractivity contribution in [1.82, 2.24) is 24.5 Å². The molecule has 37 heavy (non-hydrogen) atoms. The molecule has 0 bridgehead atoms. The highest BCUT2D eigenvalue weighted by molar-refractivity contribution is 7.90. The van der Waals surface area contributed by atoms with Crippen molar-refractivity contribution >= 4 is 21.4 Å². The third-order valence-corrected chi connectivity index (χ3v) is 7.00. The fourth-order valence-electron chi connectivity index (χ4n) is 3.83. The van der Waals surface area contributed by atoms with Gasteiger partial charge in [-0.15, -0.1) is 5.10 Å². The van der Waals surface area contributed by atoms with Crippen molar-refractivity contribution in [2.45, 2.75) is 11.1 Å². The Morgan fingerprint density at radius 1 is 0.892 bits per heavy atom. The second-order valence-electron chi connectivity index (χ2n) is 8.21. The third-order valence-electron chi connectivity index (χ3n) is 5.64. The molecule has 5 rings (SSSR count). The van der Waals surface area contributed by atoms with E-state index in [4.69, 9.17) is 11.6 Å². The molecule has 0 aliphatic heterocycles.